The van der Waals surface area contributed by atoms with Gasteiger partial charge in [0.25, 0.3) is 0 Å². The van der Waals surface area contributed by atoms with Crippen LogP contribution in [-0.4, -0.2) is 6.54 Å². The summed E-state index contributed by atoms with van der Waals surface area (Å²) in [7, 11) is 0. The summed E-state index contributed by atoms with van der Waals surface area (Å²) in [5, 5.41) is 3.84. The summed E-state index contributed by atoms with van der Waals surface area (Å²) in [6.45, 7) is 7.91. The third-order valence-electron chi connectivity index (χ3n) is 4.97. The fourth-order valence-electron chi connectivity index (χ4n) is 3.74. The SMILES string of the molecule is CCCNC(c1cc(C)ccc1Br)C1CCCC(CC)C1. The molecule has 1 fully saturated rings. The lowest BCUT2D eigenvalue weighted by Gasteiger charge is -2.35. The highest BCUT2D eigenvalue weighted by Crippen LogP contribution is 2.40. The monoisotopic (exact) mass is 351 g/mol. The zero-order valence-electron chi connectivity index (χ0n) is 13.8. The molecule has 21 heavy (non-hydrogen) atoms. The van der Waals surface area contributed by atoms with E-state index in [1.165, 1.54) is 54.1 Å². The van der Waals surface area contributed by atoms with Gasteiger partial charge in [-0.15, -0.1) is 0 Å². The number of halogens is 1. The van der Waals surface area contributed by atoms with Crippen LogP contribution in [-0.2, 0) is 0 Å². The maximum Gasteiger partial charge on any atom is 0.0360 e. The van der Waals surface area contributed by atoms with Gasteiger partial charge in [0.1, 0.15) is 0 Å². The van der Waals surface area contributed by atoms with Crippen molar-refractivity contribution >= 4 is 15.9 Å². The average molecular weight is 352 g/mol. The molecule has 1 aliphatic rings. The van der Waals surface area contributed by atoms with E-state index in [2.05, 4.69) is 60.2 Å². The Balaban J connectivity index is 2.22. The van der Waals surface area contributed by atoms with Crippen molar-refractivity contribution in [2.45, 2.75) is 65.3 Å². The minimum absolute atomic E-state index is 0.508. The van der Waals surface area contributed by atoms with Gasteiger partial charge < -0.3 is 5.32 Å². The summed E-state index contributed by atoms with van der Waals surface area (Å²) in [6.07, 6.45) is 8.13. The molecule has 0 bridgehead atoms. The molecule has 2 rings (SSSR count). The first-order valence-corrected chi connectivity index (χ1v) is 9.44. The van der Waals surface area contributed by atoms with Gasteiger partial charge in [0.05, 0.1) is 0 Å². The molecule has 1 aliphatic carbocycles. The van der Waals surface area contributed by atoms with Gasteiger partial charge in [-0.2, -0.15) is 0 Å². The Bertz CT molecular complexity index is 443. The Hall–Kier alpha value is -0.340. The van der Waals surface area contributed by atoms with Crippen molar-refractivity contribution in [1.82, 2.24) is 5.32 Å². The lowest BCUT2D eigenvalue weighted by Crippen LogP contribution is -2.32. The number of rotatable bonds is 6. The third kappa shape index (κ3) is 4.56. The van der Waals surface area contributed by atoms with Gasteiger partial charge >= 0.3 is 0 Å². The topological polar surface area (TPSA) is 12.0 Å². The summed E-state index contributed by atoms with van der Waals surface area (Å²) in [4.78, 5) is 0. The largest absolute Gasteiger partial charge is 0.310 e. The van der Waals surface area contributed by atoms with Crippen molar-refractivity contribution in [2.24, 2.45) is 11.8 Å². The molecule has 2 heteroatoms. The predicted octanol–water partition coefficient (Wildman–Crippen LogP) is 6.01. The lowest BCUT2D eigenvalue weighted by molar-refractivity contribution is 0.209. The van der Waals surface area contributed by atoms with E-state index in [-0.39, 0.29) is 0 Å². The van der Waals surface area contributed by atoms with Crippen molar-refractivity contribution < 1.29 is 0 Å². The van der Waals surface area contributed by atoms with E-state index < -0.39 is 0 Å². The van der Waals surface area contributed by atoms with Crippen molar-refractivity contribution in [3.63, 3.8) is 0 Å². The molecule has 1 saturated carbocycles. The fraction of sp³-hybridized carbons (Fsp3) is 0.684. The minimum Gasteiger partial charge on any atom is -0.310 e. The number of nitrogens with one attached hydrogen (secondary N) is 1. The van der Waals surface area contributed by atoms with Gasteiger partial charge in [-0.05, 0) is 56.2 Å². The van der Waals surface area contributed by atoms with Gasteiger partial charge in [0.15, 0.2) is 0 Å². The molecule has 3 unspecified atom stereocenters. The zero-order valence-corrected chi connectivity index (χ0v) is 15.4. The fourth-order valence-corrected chi connectivity index (χ4v) is 4.23. The Morgan fingerprint density at radius 3 is 2.81 bits per heavy atom. The molecule has 0 spiro atoms. The van der Waals surface area contributed by atoms with Crippen LogP contribution in [0.15, 0.2) is 22.7 Å². The molecule has 3 atom stereocenters. The van der Waals surface area contributed by atoms with Gasteiger partial charge in [-0.3, -0.25) is 0 Å². The maximum absolute atomic E-state index is 3.84. The second-order valence-electron chi connectivity index (χ2n) is 6.66. The highest BCUT2D eigenvalue weighted by Gasteiger charge is 2.29. The standard InChI is InChI=1S/C19H30BrN/c1-4-11-21-19(16-8-6-7-15(5-2)13-16)17-12-14(3)9-10-18(17)20/h9-10,12,15-16,19,21H,4-8,11,13H2,1-3H3. The second kappa shape index (κ2) is 8.33. The van der Waals surface area contributed by atoms with Crippen LogP contribution in [0.2, 0.25) is 0 Å². The average Bonchev–Trinajstić information content (AvgIpc) is 2.51. The maximum atomic E-state index is 3.84. The summed E-state index contributed by atoms with van der Waals surface area (Å²) >= 11 is 3.78. The van der Waals surface area contributed by atoms with Crippen molar-refractivity contribution in [1.29, 1.82) is 0 Å². The molecule has 0 aliphatic heterocycles. The first-order valence-electron chi connectivity index (χ1n) is 8.65. The number of hydrogen-bond acceptors (Lipinski definition) is 1. The first kappa shape index (κ1) is 17.0. The highest BCUT2D eigenvalue weighted by atomic mass is 79.9. The normalized spacial score (nSPS) is 24.0. The number of aryl methyl sites for hydroxylation is 1. The summed E-state index contributed by atoms with van der Waals surface area (Å²) < 4.78 is 1.26. The Labute approximate surface area is 139 Å². The highest BCUT2D eigenvalue weighted by molar-refractivity contribution is 9.10. The molecule has 0 heterocycles. The van der Waals surface area contributed by atoms with E-state index in [4.69, 9.17) is 0 Å². The molecule has 118 valence electrons. The van der Waals surface area contributed by atoms with E-state index in [1.54, 1.807) is 0 Å². The van der Waals surface area contributed by atoms with Crippen LogP contribution in [0.3, 0.4) is 0 Å². The Kier molecular flexibility index (Phi) is 6.75. The summed E-state index contributed by atoms with van der Waals surface area (Å²) in [5.74, 6) is 1.71. The summed E-state index contributed by atoms with van der Waals surface area (Å²) in [6, 6.07) is 7.28. The van der Waals surface area contributed by atoms with Gasteiger partial charge in [0.2, 0.25) is 0 Å². The van der Waals surface area contributed by atoms with Crippen LogP contribution in [0, 0.1) is 18.8 Å². The van der Waals surface area contributed by atoms with Crippen molar-refractivity contribution in [3.8, 4) is 0 Å². The Morgan fingerprint density at radius 2 is 2.10 bits per heavy atom. The predicted molar refractivity (Wildman–Crippen MR) is 95.7 cm³/mol. The molecule has 1 aromatic rings. The molecule has 0 radical (unpaired) electrons. The molecule has 1 nitrogen and oxygen atoms in total. The number of hydrogen-bond donors (Lipinski definition) is 1. The molecular weight excluding hydrogens is 322 g/mol. The molecule has 1 aromatic carbocycles. The molecular formula is C19H30BrN. The molecule has 0 saturated heterocycles. The van der Waals surface area contributed by atoms with Crippen LogP contribution in [0.1, 0.15) is 69.5 Å². The van der Waals surface area contributed by atoms with E-state index in [1.807, 2.05) is 0 Å². The first-order chi connectivity index (χ1) is 10.2. The van der Waals surface area contributed by atoms with Gasteiger partial charge in [-0.1, -0.05) is 66.7 Å². The van der Waals surface area contributed by atoms with Crippen LogP contribution in [0.25, 0.3) is 0 Å². The molecule has 0 aromatic heterocycles. The number of benzene rings is 1. The van der Waals surface area contributed by atoms with Crippen LogP contribution >= 0.6 is 15.9 Å². The van der Waals surface area contributed by atoms with E-state index in [9.17, 15) is 0 Å². The van der Waals surface area contributed by atoms with E-state index in [0.29, 0.717) is 6.04 Å². The van der Waals surface area contributed by atoms with E-state index in [0.717, 1.165) is 18.4 Å². The van der Waals surface area contributed by atoms with Gasteiger partial charge in [0, 0.05) is 10.5 Å². The smallest absolute Gasteiger partial charge is 0.0360 e. The zero-order chi connectivity index (χ0) is 15.2. The quantitative estimate of drug-likeness (QED) is 0.661. The third-order valence-corrected chi connectivity index (χ3v) is 5.70. The molecule has 1 N–H and O–H groups in total. The van der Waals surface area contributed by atoms with Crippen LogP contribution in [0.4, 0.5) is 0 Å². The van der Waals surface area contributed by atoms with Crippen molar-refractivity contribution in [2.75, 3.05) is 6.54 Å². The van der Waals surface area contributed by atoms with Crippen LogP contribution < -0.4 is 5.32 Å². The molecule has 0 amide bonds. The Morgan fingerprint density at radius 1 is 1.29 bits per heavy atom. The van der Waals surface area contributed by atoms with E-state index >= 15 is 0 Å². The lowest BCUT2D eigenvalue weighted by atomic mass is 9.75. The minimum atomic E-state index is 0.508. The van der Waals surface area contributed by atoms with Crippen molar-refractivity contribution in [3.05, 3.63) is 33.8 Å². The summed E-state index contributed by atoms with van der Waals surface area (Å²) in [5.41, 5.74) is 2.82. The van der Waals surface area contributed by atoms with Gasteiger partial charge in [-0.25, -0.2) is 0 Å². The second-order valence-corrected chi connectivity index (χ2v) is 7.51. The van der Waals surface area contributed by atoms with Crippen LogP contribution in [0.5, 0.6) is 0 Å².